The molecule has 0 aromatic heterocycles. The molecule has 1 atom stereocenters. The van der Waals surface area contributed by atoms with Crippen LogP contribution >= 0.6 is 0 Å². The molecule has 5 nitrogen and oxygen atoms in total. The summed E-state index contributed by atoms with van der Waals surface area (Å²) < 4.78 is 5.44. The zero-order valence-electron chi connectivity index (χ0n) is 17.5. The van der Waals surface area contributed by atoms with E-state index >= 15 is 0 Å². The zero-order valence-corrected chi connectivity index (χ0v) is 17.5. The van der Waals surface area contributed by atoms with E-state index < -0.39 is 0 Å². The van der Waals surface area contributed by atoms with Gasteiger partial charge in [0.15, 0.2) is 0 Å². The highest BCUT2D eigenvalue weighted by Gasteiger charge is 2.29. The maximum absolute atomic E-state index is 13.0. The first-order valence-corrected chi connectivity index (χ1v) is 10.2. The number of piperidine rings is 1. The second-order valence-corrected chi connectivity index (χ2v) is 7.78. The van der Waals surface area contributed by atoms with E-state index in [2.05, 4.69) is 17.9 Å². The van der Waals surface area contributed by atoms with E-state index in [1.807, 2.05) is 54.4 Å². The second-order valence-electron chi connectivity index (χ2n) is 7.78. The first-order valence-electron chi connectivity index (χ1n) is 10.2. The van der Waals surface area contributed by atoms with Crippen molar-refractivity contribution in [3.05, 3.63) is 59.7 Å². The fraction of sp³-hybridized carbons (Fsp3) is 0.417. The van der Waals surface area contributed by atoms with Gasteiger partial charge in [0.1, 0.15) is 12.0 Å². The van der Waals surface area contributed by atoms with Crippen LogP contribution in [0.1, 0.15) is 35.7 Å². The van der Waals surface area contributed by atoms with Gasteiger partial charge in [-0.2, -0.15) is 0 Å². The smallest absolute Gasteiger partial charge is 0.225 e. The molecule has 0 unspecified atom stereocenters. The van der Waals surface area contributed by atoms with Crippen LogP contribution in [0.25, 0.3) is 0 Å². The van der Waals surface area contributed by atoms with E-state index in [9.17, 15) is 9.59 Å². The first-order chi connectivity index (χ1) is 14.0. The van der Waals surface area contributed by atoms with Gasteiger partial charge < -0.3 is 14.5 Å². The van der Waals surface area contributed by atoms with Crippen molar-refractivity contribution < 1.29 is 14.3 Å². The van der Waals surface area contributed by atoms with Crippen LogP contribution in [0.4, 0.5) is 5.69 Å². The van der Waals surface area contributed by atoms with Crippen molar-refractivity contribution in [2.45, 2.75) is 32.2 Å². The van der Waals surface area contributed by atoms with E-state index in [0.29, 0.717) is 5.56 Å². The van der Waals surface area contributed by atoms with Gasteiger partial charge in [-0.25, -0.2) is 0 Å². The average molecular weight is 395 g/mol. The first kappa shape index (κ1) is 20.9. The zero-order chi connectivity index (χ0) is 20.8. The lowest BCUT2D eigenvalue weighted by Gasteiger charge is -2.36. The molecule has 1 amide bonds. The molecule has 1 fully saturated rings. The number of para-hydroxylation sites is 1. The van der Waals surface area contributed by atoms with Gasteiger partial charge in [-0.05, 0) is 62.1 Å². The molecule has 2 aromatic rings. The van der Waals surface area contributed by atoms with Crippen molar-refractivity contribution >= 4 is 17.9 Å². The Balaban J connectivity index is 1.55. The van der Waals surface area contributed by atoms with Crippen LogP contribution in [0, 0.1) is 5.92 Å². The molecule has 0 aliphatic carbocycles. The molecule has 2 aromatic carbocycles. The summed E-state index contributed by atoms with van der Waals surface area (Å²) in [5, 5.41) is 0. The van der Waals surface area contributed by atoms with Crippen molar-refractivity contribution in [1.82, 2.24) is 4.90 Å². The number of aldehydes is 1. The van der Waals surface area contributed by atoms with Crippen molar-refractivity contribution in [3.63, 3.8) is 0 Å². The van der Waals surface area contributed by atoms with Gasteiger partial charge in [0.2, 0.25) is 5.91 Å². The van der Waals surface area contributed by atoms with Crippen LogP contribution in [0.3, 0.4) is 0 Å². The normalized spacial score (nSPS) is 15.6. The van der Waals surface area contributed by atoms with Gasteiger partial charge in [-0.1, -0.05) is 18.2 Å². The third-order valence-electron chi connectivity index (χ3n) is 5.96. The molecule has 29 heavy (non-hydrogen) atoms. The number of carbonyl (C=O) groups excluding carboxylic acids is 2. The van der Waals surface area contributed by atoms with E-state index in [1.54, 1.807) is 7.11 Å². The molecular formula is C24H30N2O3. The molecular weight excluding hydrogens is 364 g/mol. The van der Waals surface area contributed by atoms with Crippen molar-refractivity contribution in [3.8, 4) is 5.75 Å². The fourth-order valence-corrected chi connectivity index (χ4v) is 3.98. The number of rotatable bonds is 7. The van der Waals surface area contributed by atoms with Gasteiger partial charge in [0, 0.05) is 43.3 Å². The number of nitrogens with zero attached hydrogens (tertiary/aromatic N) is 2. The standard InChI is InChI=1S/C24H30N2O3/c1-18(16-21-6-4-5-7-23(21)29-3)25(2)24(28)20-12-14-26(15-13-20)22-10-8-19(17-27)9-11-22/h4-11,17-18,20H,12-16H2,1-3H3/t18-/m0/s1. The number of amides is 1. The molecule has 1 aliphatic rings. The number of benzene rings is 2. The van der Waals surface area contributed by atoms with E-state index in [-0.39, 0.29) is 17.9 Å². The van der Waals surface area contributed by atoms with Gasteiger partial charge in [0.05, 0.1) is 7.11 Å². The van der Waals surface area contributed by atoms with Crippen LogP contribution in [0.5, 0.6) is 5.75 Å². The summed E-state index contributed by atoms with van der Waals surface area (Å²) in [6.45, 7) is 3.80. The summed E-state index contributed by atoms with van der Waals surface area (Å²) >= 11 is 0. The van der Waals surface area contributed by atoms with Gasteiger partial charge >= 0.3 is 0 Å². The Labute approximate surface area is 173 Å². The lowest BCUT2D eigenvalue weighted by atomic mass is 9.94. The van der Waals surface area contributed by atoms with Gasteiger partial charge in [0.25, 0.3) is 0 Å². The SMILES string of the molecule is COc1ccccc1C[C@H](C)N(C)C(=O)C1CCN(c2ccc(C=O)cc2)CC1. The Morgan fingerprint density at radius 1 is 1.17 bits per heavy atom. The molecule has 0 spiro atoms. The van der Waals surface area contributed by atoms with E-state index in [1.165, 1.54) is 0 Å². The van der Waals surface area contributed by atoms with Crippen molar-refractivity contribution in [2.75, 3.05) is 32.1 Å². The molecule has 1 saturated heterocycles. The lowest BCUT2D eigenvalue weighted by molar-refractivity contribution is -0.136. The maximum atomic E-state index is 13.0. The predicted octanol–water partition coefficient (Wildman–Crippen LogP) is 3.81. The number of likely N-dealkylation sites (N-methyl/N-ethyl adjacent to an activating group) is 1. The number of carbonyl (C=O) groups is 2. The third kappa shape index (κ3) is 4.97. The molecule has 0 bridgehead atoms. The number of ether oxygens (including phenoxy) is 1. The number of hydrogen-bond acceptors (Lipinski definition) is 4. The summed E-state index contributed by atoms with van der Waals surface area (Å²) in [7, 11) is 3.59. The minimum absolute atomic E-state index is 0.0608. The Hall–Kier alpha value is -2.82. The molecule has 5 heteroatoms. The lowest BCUT2D eigenvalue weighted by Crippen LogP contribution is -2.44. The largest absolute Gasteiger partial charge is 0.496 e. The number of hydrogen-bond donors (Lipinski definition) is 0. The Morgan fingerprint density at radius 2 is 1.83 bits per heavy atom. The highest BCUT2D eigenvalue weighted by molar-refractivity contribution is 5.79. The van der Waals surface area contributed by atoms with Crippen molar-refractivity contribution in [1.29, 1.82) is 0 Å². The van der Waals surface area contributed by atoms with Crippen LogP contribution < -0.4 is 9.64 Å². The van der Waals surface area contributed by atoms with E-state index in [0.717, 1.165) is 55.6 Å². The minimum Gasteiger partial charge on any atom is -0.496 e. The second kappa shape index (κ2) is 9.59. The minimum atomic E-state index is 0.0608. The molecule has 0 N–H and O–H groups in total. The highest BCUT2D eigenvalue weighted by Crippen LogP contribution is 2.26. The molecule has 3 rings (SSSR count). The number of methoxy groups -OCH3 is 1. The van der Waals surface area contributed by atoms with Gasteiger partial charge in [-0.3, -0.25) is 9.59 Å². The number of anilines is 1. The summed E-state index contributed by atoms with van der Waals surface area (Å²) in [6.07, 6.45) is 3.32. The van der Waals surface area contributed by atoms with Crippen LogP contribution in [0.15, 0.2) is 48.5 Å². The maximum Gasteiger partial charge on any atom is 0.225 e. The van der Waals surface area contributed by atoms with Crippen LogP contribution in [-0.2, 0) is 11.2 Å². The molecule has 0 radical (unpaired) electrons. The quantitative estimate of drug-likeness (QED) is 0.670. The molecule has 0 saturated carbocycles. The Bertz CT molecular complexity index is 826. The molecule has 1 aliphatic heterocycles. The van der Waals surface area contributed by atoms with Crippen LogP contribution in [0.2, 0.25) is 0 Å². The Morgan fingerprint density at radius 3 is 2.45 bits per heavy atom. The van der Waals surface area contributed by atoms with Gasteiger partial charge in [-0.15, -0.1) is 0 Å². The third-order valence-corrected chi connectivity index (χ3v) is 5.96. The predicted molar refractivity (Wildman–Crippen MR) is 116 cm³/mol. The highest BCUT2D eigenvalue weighted by atomic mass is 16.5. The topological polar surface area (TPSA) is 49.9 Å². The molecule has 1 heterocycles. The monoisotopic (exact) mass is 394 g/mol. The summed E-state index contributed by atoms with van der Waals surface area (Å²) in [6, 6.07) is 15.7. The van der Waals surface area contributed by atoms with Crippen molar-refractivity contribution in [2.24, 2.45) is 5.92 Å². The Kier molecular flexibility index (Phi) is 6.91. The summed E-state index contributed by atoms with van der Waals surface area (Å²) in [5.74, 6) is 1.16. The van der Waals surface area contributed by atoms with Crippen LogP contribution in [-0.4, -0.2) is 50.4 Å². The summed E-state index contributed by atoms with van der Waals surface area (Å²) in [5.41, 5.74) is 2.92. The average Bonchev–Trinajstić information content (AvgIpc) is 2.78. The fourth-order valence-electron chi connectivity index (χ4n) is 3.98. The molecule has 154 valence electrons. The van der Waals surface area contributed by atoms with E-state index in [4.69, 9.17) is 4.74 Å². The summed E-state index contributed by atoms with van der Waals surface area (Å²) in [4.78, 5) is 28.1.